The van der Waals surface area contributed by atoms with Gasteiger partial charge >= 0.3 is 6.18 Å². The number of likely N-dealkylation sites (N-methyl/N-ethyl adjacent to an activating group) is 1. The van der Waals surface area contributed by atoms with E-state index in [1.54, 1.807) is 39.1 Å². The molecule has 218 valence electrons. The molecule has 1 amide bonds. The number of nitrogens with zero attached hydrogens (tertiary/aromatic N) is 3. The molecule has 0 atom stereocenters. The van der Waals surface area contributed by atoms with Gasteiger partial charge in [-0.05, 0) is 69.4 Å². The molecule has 0 saturated heterocycles. The molecule has 0 fully saturated rings. The van der Waals surface area contributed by atoms with Crippen LogP contribution in [-0.2, 0) is 12.7 Å². The van der Waals surface area contributed by atoms with Crippen molar-refractivity contribution in [2.75, 3.05) is 44.6 Å². The molecule has 40 heavy (non-hydrogen) atoms. The highest BCUT2D eigenvalue weighted by Crippen LogP contribution is 2.32. The Morgan fingerprint density at radius 3 is 2.35 bits per heavy atom. The number of nitrogens with two attached hydrogens (primary N) is 3. The van der Waals surface area contributed by atoms with Crippen molar-refractivity contribution >= 4 is 17.3 Å². The number of hydrazine groups is 2. The lowest BCUT2D eigenvalue weighted by atomic mass is 10.1. The second-order valence-corrected chi connectivity index (χ2v) is 9.66. The molecule has 0 bridgehead atoms. The van der Waals surface area contributed by atoms with Crippen molar-refractivity contribution in [2.24, 2.45) is 17.4 Å². The average Bonchev–Trinajstić information content (AvgIpc) is 2.86. The molecule has 0 aliphatic rings. The zero-order valence-corrected chi connectivity index (χ0v) is 23.6. The standard InChI is InChI=1S/C28H39F3N8O/c1-7-24(19(3)38(6)33)25(32)17-39(34)26-14-21(9-8-18(26)2)27(40)36-23-13-20(16-35-10-11-37(4)5)12-22(15-23)28(29,30)31/h7-9,12-15,17,35H,1,10-11,16,32-34H2,2-6H3,(H,36,40)/b24-19+,25-17-. The molecule has 0 spiro atoms. The van der Waals surface area contributed by atoms with E-state index in [1.807, 2.05) is 19.0 Å². The molecular formula is C28H39F3N8O. The largest absolute Gasteiger partial charge is 0.416 e. The van der Waals surface area contributed by atoms with E-state index in [9.17, 15) is 18.0 Å². The van der Waals surface area contributed by atoms with Crippen LogP contribution in [0.15, 0.2) is 72.2 Å². The summed E-state index contributed by atoms with van der Waals surface area (Å²) in [5.74, 6) is 11.5. The number of hydrogen-bond acceptors (Lipinski definition) is 8. The summed E-state index contributed by atoms with van der Waals surface area (Å²) in [5.41, 5.74) is 8.73. The second-order valence-electron chi connectivity index (χ2n) is 9.66. The van der Waals surface area contributed by atoms with Gasteiger partial charge in [-0.3, -0.25) is 9.80 Å². The number of anilines is 2. The quantitative estimate of drug-likeness (QED) is 0.115. The summed E-state index contributed by atoms with van der Waals surface area (Å²) in [6.45, 7) is 8.87. The van der Waals surface area contributed by atoms with E-state index < -0.39 is 17.6 Å². The van der Waals surface area contributed by atoms with Crippen molar-refractivity contribution in [2.45, 2.75) is 26.6 Å². The normalized spacial score (nSPS) is 12.7. The van der Waals surface area contributed by atoms with Crippen molar-refractivity contribution in [3.05, 3.63) is 94.5 Å². The number of nitrogens with one attached hydrogen (secondary N) is 2. The van der Waals surface area contributed by atoms with Gasteiger partial charge in [0.25, 0.3) is 5.91 Å². The molecule has 0 heterocycles. The van der Waals surface area contributed by atoms with Crippen LogP contribution in [0.1, 0.15) is 34.0 Å². The summed E-state index contributed by atoms with van der Waals surface area (Å²) >= 11 is 0. The first-order valence-electron chi connectivity index (χ1n) is 12.5. The lowest BCUT2D eigenvalue weighted by Gasteiger charge is -2.21. The van der Waals surface area contributed by atoms with Gasteiger partial charge in [0, 0.05) is 55.4 Å². The van der Waals surface area contributed by atoms with Crippen LogP contribution in [0, 0.1) is 6.92 Å². The molecule has 9 nitrogen and oxygen atoms in total. The van der Waals surface area contributed by atoms with Crippen molar-refractivity contribution in [3.63, 3.8) is 0 Å². The van der Waals surface area contributed by atoms with Crippen LogP contribution < -0.4 is 33.1 Å². The fraction of sp³-hybridized carbons (Fsp3) is 0.321. The van der Waals surface area contributed by atoms with Crippen LogP contribution in [0.3, 0.4) is 0 Å². The fourth-order valence-electron chi connectivity index (χ4n) is 3.75. The summed E-state index contributed by atoms with van der Waals surface area (Å²) in [5, 5.41) is 8.36. The van der Waals surface area contributed by atoms with E-state index in [-0.39, 0.29) is 23.5 Å². The number of halogens is 3. The Morgan fingerprint density at radius 2 is 1.77 bits per heavy atom. The van der Waals surface area contributed by atoms with Crippen LogP contribution >= 0.6 is 0 Å². The number of carbonyl (C=O) groups excluding carboxylic acids is 1. The van der Waals surface area contributed by atoms with Gasteiger partial charge in [0.1, 0.15) is 0 Å². The zero-order valence-electron chi connectivity index (χ0n) is 23.6. The highest BCUT2D eigenvalue weighted by Gasteiger charge is 2.31. The third-order valence-corrected chi connectivity index (χ3v) is 6.10. The van der Waals surface area contributed by atoms with Crippen LogP contribution in [-0.4, -0.2) is 50.0 Å². The number of alkyl halides is 3. The van der Waals surface area contributed by atoms with E-state index >= 15 is 0 Å². The minimum absolute atomic E-state index is 0.0299. The van der Waals surface area contributed by atoms with Crippen molar-refractivity contribution < 1.29 is 18.0 Å². The van der Waals surface area contributed by atoms with Crippen molar-refractivity contribution in [3.8, 4) is 0 Å². The first kappa shape index (κ1) is 32.4. The third-order valence-electron chi connectivity index (χ3n) is 6.10. The van der Waals surface area contributed by atoms with Gasteiger partial charge in [0.2, 0.25) is 0 Å². The van der Waals surface area contributed by atoms with Crippen LogP contribution in [0.25, 0.3) is 0 Å². The number of hydrogen-bond donors (Lipinski definition) is 5. The molecule has 2 aromatic rings. The molecule has 0 aromatic heterocycles. The predicted octanol–water partition coefficient (Wildman–Crippen LogP) is 3.66. The van der Waals surface area contributed by atoms with Gasteiger partial charge in [0.05, 0.1) is 16.9 Å². The van der Waals surface area contributed by atoms with Gasteiger partial charge in [-0.25, -0.2) is 11.7 Å². The third kappa shape index (κ3) is 9.12. The molecule has 2 aromatic carbocycles. The smallest absolute Gasteiger partial charge is 0.397 e. The average molecular weight is 561 g/mol. The summed E-state index contributed by atoms with van der Waals surface area (Å²) in [6.07, 6.45) is -1.55. The lowest BCUT2D eigenvalue weighted by Crippen LogP contribution is -2.29. The van der Waals surface area contributed by atoms with Gasteiger partial charge in [-0.15, -0.1) is 0 Å². The minimum atomic E-state index is -4.57. The summed E-state index contributed by atoms with van der Waals surface area (Å²) in [4.78, 5) is 15.1. The first-order chi connectivity index (χ1) is 18.6. The number of amides is 1. The summed E-state index contributed by atoms with van der Waals surface area (Å²) in [7, 11) is 5.47. The van der Waals surface area contributed by atoms with Crippen molar-refractivity contribution in [1.82, 2.24) is 15.2 Å². The van der Waals surface area contributed by atoms with Gasteiger partial charge in [0.15, 0.2) is 0 Å². The zero-order chi connectivity index (χ0) is 30.2. The monoisotopic (exact) mass is 560 g/mol. The Morgan fingerprint density at radius 1 is 1.10 bits per heavy atom. The SMILES string of the molecule is C=CC(/C(N)=C/N(N)c1cc(C(=O)Nc2cc(CNCCN(C)C)cc(C(F)(F)F)c2)ccc1C)=C(/C)N(C)N. The van der Waals surface area contributed by atoms with Gasteiger partial charge in [-0.2, -0.15) is 13.2 Å². The Kier molecular flexibility index (Phi) is 11.3. The predicted molar refractivity (Wildman–Crippen MR) is 155 cm³/mol. The van der Waals surface area contributed by atoms with Crippen LogP contribution in [0.4, 0.5) is 24.5 Å². The van der Waals surface area contributed by atoms with E-state index in [1.165, 1.54) is 28.4 Å². The number of carbonyl (C=O) groups is 1. The number of aryl methyl sites for hydroxylation is 1. The van der Waals surface area contributed by atoms with Crippen LogP contribution in [0.2, 0.25) is 0 Å². The maximum atomic E-state index is 13.6. The highest BCUT2D eigenvalue weighted by atomic mass is 19.4. The number of benzene rings is 2. The Hall–Kier alpha value is -3.84. The lowest BCUT2D eigenvalue weighted by molar-refractivity contribution is -0.137. The molecular weight excluding hydrogens is 521 g/mol. The second kappa shape index (κ2) is 14.0. The Balaban J connectivity index is 2.34. The molecule has 0 aliphatic carbocycles. The van der Waals surface area contributed by atoms with E-state index in [2.05, 4.69) is 17.2 Å². The Bertz CT molecular complexity index is 1270. The molecule has 2 rings (SSSR count). The van der Waals surface area contributed by atoms with Crippen LogP contribution in [0.5, 0.6) is 0 Å². The molecule has 0 unspecified atom stereocenters. The van der Waals surface area contributed by atoms with E-state index in [4.69, 9.17) is 17.4 Å². The van der Waals surface area contributed by atoms with E-state index in [0.29, 0.717) is 29.1 Å². The highest BCUT2D eigenvalue weighted by molar-refractivity contribution is 6.05. The molecule has 8 N–H and O–H groups in total. The number of allylic oxidation sites excluding steroid dienone is 2. The molecule has 12 heteroatoms. The fourth-order valence-corrected chi connectivity index (χ4v) is 3.75. The molecule has 0 radical (unpaired) electrons. The van der Waals surface area contributed by atoms with Gasteiger partial charge in [-0.1, -0.05) is 18.7 Å². The number of rotatable bonds is 12. The van der Waals surface area contributed by atoms with Gasteiger partial charge < -0.3 is 26.3 Å². The van der Waals surface area contributed by atoms with E-state index in [0.717, 1.165) is 24.2 Å². The molecule has 0 aliphatic heterocycles. The topological polar surface area (TPSA) is 129 Å². The Labute approximate surface area is 233 Å². The first-order valence-corrected chi connectivity index (χ1v) is 12.5. The summed E-state index contributed by atoms with van der Waals surface area (Å²) in [6, 6.07) is 8.28. The maximum Gasteiger partial charge on any atom is 0.416 e. The van der Waals surface area contributed by atoms with Crippen molar-refractivity contribution in [1.29, 1.82) is 0 Å². The maximum absolute atomic E-state index is 13.6. The minimum Gasteiger partial charge on any atom is -0.397 e. The molecule has 0 saturated carbocycles. The summed E-state index contributed by atoms with van der Waals surface area (Å²) < 4.78 is 40.7.